The lowest BCUT2D eigenvalue weighted by atomic mass is 9.87. The number of alkyl halides is 1. The fourth-order valence-corrected chi connectivity index (χ4v) is 1.94. The van der Waals surface area contributed by atoms with E-state index in [4.69, 9.17) is 4.74 Å². The Morgan fingerprint density at radius 3 is 2.10 bits per heavy atom. The molecule has 0 saturated carbocycles. The second-order valence-corrected chi connectivity index (χ2v) is 5.94. The molecular weight excluding hydrogens is 267 g/mol. The topological polar surface area (TPSA) is 26.3 Å². The van der Waals surface area contributed by atoms with Gasteiger partial charge in [0.05, 0.1) is 0 Å². The molecule has 0 fully saturated rings. The quantitative estimate of drug-likeness (QED) is 0.771. The van der Waals surface area contributed by atoms with Crippen molar-refractivity contribution in [2.24, 2.45) is 0 Å². The summed E-state index contributed by atoms with van der Waals surface area (Å²) in [6, 6.07) is 15.4. The molecule has 3 heteroatoms. The van der Waals surface area contributed by atoms with E-state index in [0.29, 0.717) is 11.3 Å². The summed E-state index contributed by atoms with van der Waals surface area (Å²) in [6.07, 6.45) is -1.99. The van der Waals surface area contributed by atoms with E-state index in [1.807, 2.05) is 12.1 Å². The number of carbonyl (C=O) groups excluding carboxylic acids is 1. The highest BCUT2D eigenvalue weighted by molar-refractivity contribution is 5.98. The zero-order chi connectivity index (χ0) is 15.5. The predicted octanol–water partition coefficient (Wildman–Crippen LogP) is 4.54. The number of hydrogen-bond acceptors (Lipinski definition) is 2. The smallest absolute Gasteiger partial charge is 0.301 e. The van der Waals surface area contributed by atoms with Gasteiger partial charge in [0, 0.05) is 5.56 Å². The number of ether oxygens (including phenoxy) is 1. The Balaban J connectivity index is 2.06. The maximum absolute atomic E-state index is 13.9. The number of Topliss-reactive ketones (excluding diaryl/α,β-unsaturated/α-hetero) is 1. The van der Waals surface area contributed by atoms with Crippen molar-refractivity contribution in [1.82, 2.24) is 0 Å². The van der Waals surface area contributed by atoms with Gasteiger partial charge in [-0.2, -0.15) is 4.39 Å². The predicted molar refractivity (Wildman–Crippen MR) is 81.4 cm³/mol. The number of carbonyl (C=O) groups is 1. The lowest BCUT2D eigenvalue weighted by Crippen LogP contribution is -2.22. The molecule has 2 nitrogen and oxygen atoms in total. The minimum absolute atomic E-state index is 0.0213. The van der Waals surface area contributed by atoms with Gasteiger partial charge >= 0.3 is 6.36 Å². The highest BCUT2D eigenvalue weighted by Crippen LogP contribution is 2.25. The number of benzene rings is 2. The van der Waals surface area contributed by atoms with Gasteiger partial charge in [-0.3, -0.25) is 4.79 Å². The summed E-state index contributed by atoms with van der Waals surface area (Å²) in [7, 11) is 0. The molecule has 0 aliphatic heterocycles. The van der Waals surface area contributed by atoms with E-state index in [0.717, 1.165) is 5.56 Å². The van der Waals surface area contributed by atoms with Gasteiger partial charge in [0.1, 0.15) is 5.75 Å². The first-order valence-electron chi connectivity index (χ1n) is 6.88. The zero-order valence-corrected chi connectivity index (χ0v) is 12.5. The molecule has 0 saturated heterocycles. The van der Waals surface area contributed by atoms with Gasteiger partial charge in [-0.25, -0.2) is 0 Å². The van der Waals surface area contributed by atoms with E-state index >= 15 is 0 Å². The van der Waals surface area contributed by atoms with Crippen LogP contribution >= 0.6 is 0 Å². The van der Waals surface area contributed by atoms with Gasteiger partial charge in [-0.05, 0) is 23.1 Å². The molecule has 1 unspecified atom stereocenters. The molecule has 0 amide bonds. The molecule has 2 rings (SSSR count). The fraction of sp³-hybridized carbons (Fsp3) is 0.278. The van der Waals surface area contributed by atoms with E-state index in [9.17, 15) is 9.18 Å². The highest BCUT2D eigenvalue weighted by atomic mass is 19.1. The number of hydrogen-bond donors (Lipinski definition) is 0. The standard InChI is InChI=1S/C18H19FO2/c1-18(2,3)14-9-11-15(12-10-14)21-17(19)16(20)13-7-5-4-6-8-13/h4-12,17H,1-3H3. The molecule has 0 bridgehead atoms. The van der Waals surface area contributed by atoms with Crippen molar-refractivity contribution >= 4 is 5.78 Å². The van der Waals surface area contributed by atoms with Crippen LogP contribution in [0, 0.1) is 0 Å². The third-order valence-corrected chi connectivity index (χ3v) is 3.22. The van der Waals surface area contributed by atoms with Crippen molar-refractivity contribution in [3.63, 3.8) is 0 Å². The summed E-state index contributed by atoms with van der Waals surface area (Å²) >= 11 is 0. The highest BCUT2D eigenvalue weighted by Gasteiger charge is 2.21. The summed E-state index contributed by atoms with van der Waals surface area (Å²) in [5, 5.41) is 0. The third-order valence-electron chi connectivity index (χ3n) is 3.22. The van der Waals surface area contributed by atoms with Crippen LogP contribution in [0.25, 0.3) is 0 Å². The van der Waals surface area contributed by atoms with Crippen LogP contribution in [0.5, 0.6) is 5.75 Å². The van der Waals surface area contributed by atoms with E-state index in [-0.39, 0.29) is 5.41 Å². The molecule has 0 heterocycles. The number of halogens is 1. The Bertz CT molecular complexity index is 597. The van der Waals surface area contributed by atoms with Crippen LogP contribution in [-0.4, -0.2) is 12.1 Å². The average molecular weight is 286 g/mol. The minimum Gasteiger partial charge on any atom is -0.453 e. The van der Waals surface area contributed by atoms with Gasteiger partial charge < -0.3 is 4.74 Å². The molecule has 0 aliphatic rings. The molecule has 0 spiro atoms. The fourth-order valence-electron chi connectivity index (χ4n) is 1.94. The van der Waals surface area contributed by atoms with Crippen LogP contribution in [0.2, 0.25) is 0 Å². The Labute approximate surface area is 124 Å². The lowest BCUT2D eigenvalue weighted by molar-refractivity contribution is 0.0451. The van der Waals surface area contributed by atoms with Crippen molar-refractivity contribution in [2.75, 3.05) is 0 Å². The number of ketones is 1. The van der Waals surface area contributed by atoms with Crippen LogP contribution in [0.3, 0.4) is 0 Å². The molecule has 0 N–H and O–H groups in total. The Hall–Kier alpha value is -2.16. The summed E-state index contributed by atoms with van der Waals surface area (Å²) in [5.74, 6) is -0.324. The second-order valence-electron chi connectivity index (χ2n) is 5.94. The molecule has 2 aromatic rings. The van der Waals surface area contributed by atoms with Crippen LogP contribution in [-0.2, 0) is 5.41 Å². The van der Waals surface area contributed by atoms with Gasteiger partial charge in [0.15, 0.2) is 0 Å². The SMILES string of the molecule is CC(C)(C)c1ccc(OC(F)C(=O)c2ccccc2)cc1. The molecule has 21 heavy (non-hydrogen) atoms. The minimum atomic E-state index is -1.99. The summed E-state index contributed by atoms with van der Waals surface area (Å²) in [5.41, 5.74) is 1.45. The molecule has 0 aromatic heterocycles. The molecule has 1 atom stereocenters. The monoisotopic (exact) mass is 286 g/mol. The molecule has 110 valence electrons. The van der Waals surface area contributed by atoms with Gasteiger partial charge in [0.2, 0.25) is 5.78 Å². The molecule has 2 aromatic carbocycles. The van der Waals surface area contributed by atoms with Crippen LogP contribution in [0.4, 0.5) is 4.39 Å². The van der Waals surface area contributed by atoms with E-state index in [2.05, 4.69) is 20.8 Å². The van der Waals surface area contributed by atoms with Crippen molar-refractivity contribution < 1.29 is 13.9 Å². The maximum Gasteiger partial charge on any atom is 0.301 e. The van der Waals surface area contributed by atoms with E-state index in [1.165, 1.54) is 0 Å². The van der Waals surface area contributed by atoms with E-state index < -0.39 is 12.1 Å². The first kappa shape index (κ1) is 15.2. The first-order valence-corrected chi connectivity index (χ1v) is 6.88. The number of rotatable bonds is 4. The maximum atomic E-state index is 13.9. The Morgan fingerprint density at radius 1 is 1.00 bits per heavy atom. The summed E-state index contributed by atoms with van der Waals surface area (Å²) < 4.78 is 19.0. The lowest BCUT2D eigenvalue weighted by Gasteiger charge is -2.19. The second kappa shape index (κ2) is 6.08. The summed E-state index contributed by atoms with van der Waals surface area (Å²) in [4.78, 5) is 11.9. The van der Waals surface area contributed by atoms with Crippen molar-refractivity contribution in [1.29, 1.82) is 0 Å². The van der Waals surface area contributed by atoms with Crippen molar-refractivity contribution in [3.05, 3.63) is 65.7 Å². The van der Waals surface area contributed by atoms with Crippen LogP contribution in [0.1, 0.15) is 36.7 Å². The Kier molecular flexibility index (Phi) is 4.41. The summed E-state index contributed by atoms with van der Waals surface area (Å²) in [6.45, 7) is 6.29. The van der Waals surface area contributed by atoms with Gasteiger partial charge in [-0.1, -0.05) is 63.2 Å². The van der Waals surface area contributed by atoms with Crippen LogP contribution in [0.15, 0.2) is 54.6 Å². The molecule has 0 radical (unpaired) electrons. The van der Waals surface area contributed by atoms with Crippen molar-refractivity contribution in [2.45, 2.75) is 32.5 Å². The molecule has 0 aliphatic carbocycles. The zero-order valence-electron chi connectivity index (χ0n) is 12.5. The molecular formula is C18H19FO2. The van der Waals surface area contributed by atoms with Gasteiger partial charge in [-0.15, -0.1) is 0 Å². The van der Waals surface area contributed by atoms with Crippen LogP contribution < -0.4 is 4.74 Å². The Morgan fingerprint density at radius 2 is 1.57 bits per heavy atom. The van der Waals surface area contributed by atoms with Crippen molar-refractivity contribution in [3.8, 4) is 5.75 Å². The largest absolute Gasteiger partial charge is 0.453 e. The normalized spacial score (nSPS) is 12.8. The van der Waals surface area contributed by atoms with E-state index in [1.54, 1.807) is 42.5 Å². The third kappa shape index (κ3) is 3.91. The first-order chi connectivity index (χ1) is 9.88. The van der Waals surface area contributed by atoms with Gasteiger partial charge in [0.25, 0.3) is 0 Å². The average Bonchev–Trinajstić information content (AvgIpc) is 2.47.